The summed E-state index contributed by atoms with van der Waals surface area (Å²) in [5.41, 5.74) is 9.42. The molecule has 2 aromatic rings. The van der Waals surface area contributed by atoms with Crippen LogP contribution in [0.25, 0.3) is 10.9 Å². The summed E-state index contributed by atoms with van der Waals surface area (Å²) in [6, 6.07) is 6.20. The van der Waals surface area contributed by atoms with Crippen molar-refractivity contribution in [2.45, 2.75) is 20.0 Å². The SMILES string of the molecule is CCn1cc(CN2CCOCC2)c2cc(N)ccc21. The molecule has 1 fully saturated rings. The van der Waals surface area contributed by atoms with Crippen LogP contribution in [0.4, 0.5) is 5.69 Å². The number of anilines is 1. The summed E-state index contributed by atoms with van der Waals surface area (Å²) >= 11 is 0. The lowest BCUT2D eigenvalue weighted by atomic mass is 10.1. The Hall–Kier alpha value is -1.52. The van der Waals surface area contributed by atoms with Crippen molar-refractivity contribution in [1.29, 1.82) is 0 Å². The second-order valence-corrected chi connectivity index (χ2v) is 5.11. The molecule has 1 aromatic heterocycles. The summed E-state index contributed by atoms with van der Waals surface area (Å²) in [4.78, 5) is 2.45. The summed E-state index contributed by atoms with van der Waals surface area (Å²) in [5, 5.41) is 1.29. The first-order chi connectivity index (χ1) is 9.28. The van der Waals surface area contributed by atoms with Gasteiger partial charge in [0, 0.05) is 49.0 Å². The van der Waals surface area contributed by atoms with Crippen LogP contribution in [-0.4, -0.2) is 35.8 Å². The first-order valence-corrected chi connectivity index (χ1v) is 6.95. The fraction of sp³-hybridized carbons (Fsp3) is 0.467. The molecule has 0 aliphatic carbocycles. The Morgan fingerprint density at radius 3 is 2.79 bits per heavy atom. The van der Waals surface area contributed by atoms with Gasteiger partial charge >= 0.3 is 0 Å². The standard InChI is InChI=1S/C15H21N3O/c1-2-18-11-12(10-17-5-7-19-8-6-17)14-9-13(16)3-4-15(14)18/h3-4,9,11H,2,5-8,10,16H2,1H3. The number of hydrogen-bond donors (Lipinski definition) is 1. The topological polar surface area (TPSA) is 43.4 Å². The Morgan fingerprint density at radius 2 is 2.05 bits per heavy atom. The van der Waals surface area contributed by atoms with Gasteiger partial charge in [0.1, 0.15) is 0 Å². The van der Waals surface area contributed by atoms with E-state index >= 15 is 0 Å². The number of nitrogen functional groups attached to an aromatic ring is 1. The molecule has 3 rings (SSSR count). The summed E-state index contributed by atoms with van der Waals surface area (Å²) in [6.45, 7) is 7.86. The molecule has 2 N–H and O–H groups in total. The molecule has 2 heterocycles. The van der Waals surface area contributed by atoms with Crippen LogP contribution in [0.5, 0.6) is 0 Å². The Morgan fingerprint density at radius 1 is 1.26 bits per heavy atom. The maximum atomic E-state index is 5.93. The average Bonchev–Trinajstić information content (AvgIpc) is 2.77. The number of aryl methyl sites for hydroxylation is 1. The predicted octanol–water partition coefficient (Wildman–Crippen LogP) is 2.08. The number of fused-ring (bicyclic) bond motifs is 1. The minimum Gasteiger partial charge on any atom is -0.399 e. The quantitative estimate of drug-likeness (QED) is 0.858. The molecule has 1 aliphatic heterocycles. The number of benzene rings is 1. The van der Waals surface area contributed by atoms with E-state index in [2.05, 4.69) is 34.7 Å². The molecular formula is C15H21N3O. The van der Waals surface area contributed by atoms with Crippen molar-refractivity contribution < 1.29 is 4.74 Å². The van der Waals surface area contributed by atoms with Gasteiger partial charge in [0.25, 0.3) is 0 Å². The Bertz CT molecular complexity index is 570. The molecule has 0 bridgehead atoms. The maximum absolute atomic E-state index is 5.93. The largest absolute Gasteiger partial charge is 0.399 e. The van der Waals surface area contributed by atoms with Crippen molar-refractivity contribution in [3.63, 3.8) is 0 Å². The number of rotatable bonds is 3. The van der Waals surface area contributed by atoms with E-state index in [0.29, 0.717) is 0 Å². The van der Waals surface area contributed by atoms with Crippen LogP contribution in [0.2, 0.25) is 0 Å². The minimum atomic E-state index is 0.838. The molecule has 19 heavy (non-hydrogen) atoms. The van der Waals surface area contributed by atoms with Gasteiger partial charge in [0.2, 0.25) is 0 Å². The van der Waals surface area contributed by atoms with Crippen LogP contribution in [-0.2, 0) is 17.8 Å². The van der Waals surface area contributed by atoms with E-state index < -0.39 is 0 Å². The zero-order chi connectivity index (χ0) is 13.2. The molecule has 0 amide bonds. The number of aromatic nitrogens is 1. The van der Waals surface area contributed by atoms with Gasteiger partial charge in [-0.1, -0.05) is 0 Å². The molecule has 0 spiro atoms. The summed E-state index contributed by atoms with van der Waals surface area (Å²) < 4.78 is 7.70. The molecule has 1 aliphatic rings. The second kappa shape index (κ2) is 5.23. The van der Waals surface area contributed by atoms with Crippen molar-refractivity contribution in [1.82, 2.24) is 9.47 Å². The lowest BCUT2D eigenvalue weighted by molar-refractivity contribution is 0.0343. The molecule has 0 saturated carbocycles. The molecule has 1 saturated heterocycles. The maximum Gasteiger partial charge on any atom is 0.0594 e. The van der Waals surface area contributed by atoms with E-state index in [1.807, 2.05) is 6.07 Å². The summed E-state index contributed by atoms with van der Waals surface area (Å²) in [5.74, 6) is 0. The van der Waals surface area contributed by atoms with Gasteiger partial charge in [-0.05, 0) is 30.7 Å². The summed E-state index contributed by atoms with van der Waals surface area (Å²) in [6.07, 6.45) is 2.26. The molecular weight excluding hydrogens is 238 g/mol. The number of hydrogen-bond acceptors (Lipinski definition) is 3. The monoisotopic (exact) mass is 259 g/mol. The van der Waals surface area contributed by atoms with Crippen LogP contribution >= 0.6 is 0 Å². The first-order valence-electron chi connectivity index (χ1n) is 6.95. The van der Waals surface area contributed by atoms with Crippen LogP contribution in [0.15, 0.2) is 24.4 Å². The lowest BCUT2D eigenvalue weighted by Gasteiger charge is -2.26. The van der Waals surface area contributed by atoms with Crippen LogP contribution in [0, 0.1) is 0 Å². The zero-order valence-corrected chi connectivity index (χ0v) is 11.4. The van der Waals surface area contributed by atoms with Gasteiger partial charge in [-0.25, -0.2) is 0 Å². The first kappa shape index (κ1) is 12.5. The van der Waals surface area contributed by atoms with E-state index in [0.717, 1.165) is 45.1 Å². The van der Waals surface area contributed by atoms with E-state index in [-0.39, 0.29) is 0 Å². The van der Waals surface area contributed by atoms with Crippen molar-refractivity contribution in [3.8, 4) is 0 Å². The van der Waals surface area contributed by atoms with E-state index in [9.17, 15) is 0 Å². The molecule has 102 valence electrons. The number of nitrogens with zero attached hydrogens (tertiary/aromatic N) is 2. The molecule has 4 heteroatoms. The normalized spacial score (nSPS) is 17.1. The molecule has 0 radical (unpaired) electrons. The highest BCUT2D eigenvalue weighted by molar-refractivity contribution is 5.86. The molecule has 0 atom stereocenters. The lowest BCUT2D eigenvalue weighted by Crippen LogP contribution is -2.35. The van der Waals surface area contributed by atoms with Crippen LogP contribution in [0.1, 0.15) is 12.5 Å². The summed E-state index contributed by atoms with van der Waals surface area (Å²) in [7, 11) is 0. The smallest absolute Gasteiger partial charge is 0.0594 e. The van der Waals surface area contributed by atoms with Gasteiger partial charge < -0.3 is 15.0 Å². The molecule has 4 nitrogen and oxygen atoms in total. The van der Waals surface area contributed by atoms with Gasteiger partial charge in [0.05, 0.1) is 13.2 Å². The van der Waals surface area contributed by atoms with Gasteiger partial charge in [-0.3, -0.25) is 4.90 Å². The van der Waals surface area contributed by atoms with Crippen LogP contribution in [0.3, 0.4) is 0 Å². The third-order valence-electron chi connectivity index (χ3n) is 3.83. The van der Waals surface area contributed by atoms with Crippen molar-refractivity contribution in [2.24, 2.45) is 0 Å². The second-order valence-electron chi connectivity index (χ2n) is 5.11. The minimum absolute atomic E-state index is 0.838. The van der Waals surface area contributed by atoms with E-state index in [1.165, 1.54) is 16.5 Å². The Kier molecular flexibility index (Phi) is 3.44. The number of ether oxygens (including phenoxy) is 1. The molecule has 1 aromatic carbocycles. The fourth-order valence-corrected chi connectivity index (χ4v) is 2.78. The highest BCUT2D eigenvalue weighted by atomic mass is 16.5. The molecule has 0 unspecified atom stereocenters. The predicted molar refractivity (Wildman–Crippen MR) is 78.1 cm³/mol. The van der Waals surface area contributed by atoms with Crippen molar-refractivity contribution >= 4 is 16.6 Å². The Balaban J connectivity index is 1.95. The fourth-order valence-electron chi connectivity index (χ4n) is 2.78. The third-order valence-corrected chi connectivity index (χ3v) is 3.83. The van der Waals surface area contributed by atoms with Crippen molar-refractivity contribution in [3.05, 3.63) is 30.0 Å². The van der Waals surface area contributed by atoms with Crippen molar-refractivity contribution in [2.75, 3.05) is 32.0 Å². The number of nitrogens with two attached hydrogens (primary N) is 1. The highest BCUT2D eigenvalue weighted by Gasteiger charge is 2.14. The highest BCUT2D eigenvalue weighted by Crippen LogP contribution is 2.25. The number of morpholine rings is 1. The average molecular weight is 259 g/mol. The van der Waals surface area contributed by atoms with Gasteiger partial charge in [0.15, 0.2) is 0 Å². The van der Waals surface area contributed by atoms with E-state index in [1.54, 1.807) is 0 Å². The van der Waals surface area contributed by atoms with Crippen LogP contribution < -0.4 is 5.73 Å². The van der Waals surface area contributed by atoms with E-state index in [4.69, 9.17) is 10.5 Å². The zero-order valence-electron chi connectivity index (χ0n) is 11.4. The Labute approximate surface area is 113 Å². The van der Waals surface area contributed by atoms with Gasteiger partial charge in [-0.15, -0.1) is 0 Å². The third kappa shape index (κ3) is 2.46. The van der Waals surface area contributed by atoms with Gasteiger partial charge in [-0.2, -0.15) is 0 Å².